The van der Waals surface area contributed by atoms with Crippen molar-refractivity contribution in [3.05, 3.63) is 28.7 Å². The van der Waals surface area contributed by atoms with E-state index < -0.39 is 23.7 Å². The van der Waals surface area contributed by atoms with Crippen molar-refractivity contribution < 1.29 is 19.5 Å². The van der Waals surface area contributed by atoms with Gasteiger partial charge in [0, 0.05) is 19.2 Å². The number of carbonyl (C=O) groups excluding carboxylic acids is 2. The Balaban J connectivity index is 2.13. The lowest BCUT2D eigenvalue weighted by Gasteiger charge is -2.21. The van der Waals surface area contributed by atoms with Gasteiger partial charge in [0.2, 0.25) is 11.8 Å². The summed E-state index contributed by atoms with van der Waals surface area (Å²) in [4.78, 5) is 46.5. The van der Waals surface area contributed by atoms with Crippen LogP contribution in [0.5, 0.6) is 0 Å². The molecule has 1 aromatic heterocycles. The van der Waals surface area contributed by atoms with Gasteiger partial charge >= 0.3 is 11.8 Å². The molecule has 1 fully saturated rings. The lowest BCUT2D eigenvalue weighted by Crippen LogP contribution is -2.44. The first kappa shape index (κ1) is 14.8. The summed E-state index contributed by atoms with van der Waals surface area (Å²) in [5.41, 5.74) is 0.914. The molecule has 0 saturated carbocycles. The van der Waals surface area contributed by atoms with Gasteiger partial charge in [0.05, 0.1) is 11.0 Å². The Morgan fingerprint density at radius 2 is 2.04 bits per heavy atom. The SMILES string of the molecule is Cn1c(=O)n(C2CCC(=O)NC2=O)c2ccc(NC(=O)O)cc21. The van der Waals surface area contributed by atoms with Gasteiger partial charge in [-0.05, 0) is 24.6 Å². The second kappa shape index (κ2) is 5.27. The van der Waals surface area contributed by atoms with Crippen molar-refractivity contribution in [3.63, 3.8) is 0 Å². The van der Waals surface area contributed by atoms with Crippen molar-refractivity contribution >= 4 is 34.6 Å². The van der Waals surface area contributed by atoms with Gasteiger partial charge in [0.1, 0.15) is 6.04 Å². The van der Waals surface area contributed by atoms with Crippen LogP contribution in [-0.4, -0.2) is 32.1 Å². The van der Waals surface area contributed by atoms with E-state index in [2.05, 4.69) is 10.6 Å². The highest BCUT2D eigenvalue weighted by atomic mass is 16.4. The molecule has 9 nitrogen and oxygen atoms in total. The molecule has 3 N–H and O–H groups in total. The minimum atomic E-state index is -1.21. The van der Waals surface area contributed by atoms with Gasteiger partial charge < -0.3 is 5.11 Å². The van der Waals surface area contributed by atoms with Gasteiger partial charge in [-0.1, -0.05) is 0 Å². The second-order valence-corrected chi connectivity index (χ2v) is 5.31. The molecule has 0 radical (unpaired) electrons. The van der Waals surface area contributed by atoms with Crippen LogP contribution in [0.2, 0.25) is 0 Å². The first-order valence-corrected chi connectivity index (χ1v) is 6.93. The fourth-order valence-electron chi connectivity index (χ4n) is 2.79. The van der Waals surface area contributed by atoms with E-state index in [1.54, 1.807) is 6.07 Å². The summed E-state index contributed by atoms with van der Waals surface area (Å²) in [5.74, 6) is -0.865. The van der Waals surface area contributed by atoms with Gasteiger partial charge in [0.15, 0.2) is 0 Å². The number of aromatic nitrogens is 2. The number of carboxylic acid groups (broad SMARTS) is 1. The first-order chi connectivity index (χ1) is 10.9. The molecule has 0 spiro atoms. The topological polar surface area (TPSA) is 122 Å². The molecule has 0 aliphatic carbocycles. The summed E-state index contributed by atoms with van der Waals surface area (Å²) in [6, 6.07) is 3.85. The zero-order valence-electron chi connectivity index (χ0n) is 12.2. The van der Waals surface area contributed by atoms with Crippen LogP contribution >= 0.6 is 0 Å². The minimum Gasteiger partial charge on any atom is -0.465 e. The van der Waals surface area contributed by atoms with Crippen LogP contribution < -0.4 is 16.3 Å². The van der Waals surface area contributed by atoms with E-state index >= 15 is 0 Å². The highest BCUT2D eigenvalue weighted by Gasteiger charge is 2.31. The predicted octanol–water partition coefficient (Wildman–Crippen LogP) is 0.408. The van der Waals surface area contributed by atoms with E-state index in [1.165, 1.54) is 28.3 Å². The molecular weight excluding hydrogens is 304 g/mol. The standard InChI is InChI=1S/C14H14N4O5/c1-17-10-6-7(15-13(21)22)2-3-8(10)18(14(17)23)9-4-5-11(19)16-12(9)20/h2-3,6,9,15H,4-5H2,1H3,(H,21,22)(H,16,19,20). The summed E-state index contributed by atoms with van der Waals surface area (Å²) < 4.78 is 2.67. The molecule has 0 bridgehead atoms. The van der Waals surface area contributed by atoms with Crippen LogP contribution in [0.4, 0.5) is 10.5 Å². The second-order valence-electron chi connectivity index (χ2n) is 5.31. The Kier molecular flexibility index (Phi) is 3.40. The van der Waals surface area contributed by atoms with E-state index in [-0.39, 0.29) is 18.7 Å². The Bertz CT molecular complexity index is 894. The zero-order chi connectivity index (χ0) is 16.7. The Hall–Kier alpha value is -3.10. The summed E-state index contributed by atoms with van der Waals surface area (Å²) in [5, 5.41) is 13.2. The van der Waals surface area contributed by atoms with Crippen LogP contribution in [0, 0.1) is 0 Å². The third-order valence-corrected chi connectivity index (χ3v) is 3.86. The van der Waals surface area contributed by atoms with E-state index in [4.69, 9.17) is 5.11 Å². The lowest BCUT2D eigenvalue weighted by atomic mass is 10.1. The summed E-state index contributed by atoms with van der Waals surface area (Å²) in [6.07, 6.45) is -0.796. The average Bonchev–Trinajstić information content (AvgIpc) is 2.71. The molecule has 1 atom stereocenters. The van der Waals surface area contributed by atoms with Gasteiger partial charge in [0.25, 0.3) is 0 Å². The average molecular weight is 318 g/mol. The molecular formula is C14H14N4O5. The molecule has 1 aromatic carbocycles. The fraction of sp³-hybridized carbons (Fsp3) is 0.286. The van der Waals surface area contributed by atoms with Gasteiger partial charge in [-0.15, -0.1) is 0 Å². The smallest absolute Gasteiger partial charge is 0.409 e. The number of hydrogen-bond donors (Lipinski definition) is 3. The van der Waals surface area contributed by atoms with E-state index in [1.807, 2.05) is 0 Å². The van der Waals surface area contributed by atoms with Crippen molar-refractivity contribution in [2.45, 2.75) is 18.9 Å². The maximum absolute atomic E-state index is 12.5. The number of benzene rings is 1. The predicted molar refractivity (Wildman–Crippen MR) is 80.2 cm³/mol. The molecule has 120 valence electrons. The number of amides is 3. The van der Waals surface area contributed by atoms with E-state index in [0.29, 0.717) is 16.7 Å². The number of piperidine rings is 1. The number of rotatable bonds is 2. The largest absolute Gasteiger partial charge is 0.465 e. The number of imidazole rings is 1. The number of nitrogens with one attached hydrogen (secondary N) is 2. The highest BCUT2D eigenvalue weighted by Crippen LogP contribution is 2.24. The van der Waals surface area contributed by atoms with Gasteiger partial charge in [-0.3, -0.25) is 29.4 Å². The van der Waals surface area contributed by atoms with Crippen molar-refractivity contribution in [3.8, 4) is 0 Å². The molecule has 1 saturated heterocycles. The maximum atomic E-state index is 12.5. The molecule has 1 aliphatic rings. The number of carbonyl (C=O) groups is 3. The molecule has 2 heterocycles. The van der Waals surface area contributed by atoms with Crippen LogP contribution in [0.25, 0.3) is 11.0 Å². The molecule has 9 heteroatoms. The number of nitrogens with zero attached hydrogens (tertiary/aromatic N) is 2. The highest BCUT2D eigenvalue weighted by molar-refractivity contribution is 6.00. The van der Waals surface area contributed by atoms with Crippen LogP contribution in [-0.2, 0) is 16.6 Å². The summed E-state index contributed by atoms with van der Waals surface area (Å²) >= 11 is 0. The molecule has 3 amide bonds. The van der Waals surface area contributed by atoms with Crippen molar-refractivity contribution in [2.24, 2.45) is 7.05 Å². The molecule has 1 unspecified atom stereocenters. The van der Waals surface area contributed by atoms with E-state index in [0.717, 1.165) is 0 Å². The lowest BCUT2D eigenvalue weighted by molar-refractivity contribution is -0.135. The van der Waals surface area contributed by atoms with Crippen molar-refractivity contribution in [1.29, 1.82) is 0 Å². The number of anilines is 1. The first-order valence-electron chi connectivity index (χ1n) is 6.93. The van der Waals surface area contributed by atoms with Crippen LogP contribution in [0.15, 0.2) is 23.0 Å². The molecule has 2 aromatic rings. The molecule has 1 aliphatic heterocycles. The Labute approximate surface area is 129 Å². The minimum absolute atomic E-state index is 0.165. The monoisotopic (exact) mass is 318 g/mol. The molecule has 23 heavy (non-hydrogen) atoms. The maximum Gasteiger partial charge on any atom is 0.409 e. The Morgan fingerprint density at radius 1 is 1.30 bits per heavy atom. The van der Waals surface area contributed by atoms with Crippen LogP contribution in [0.3, 0.4) is 0 Å². The quantitative estimate of drug-likeness (QED) is 0.692. The van der Waals surface area contributed by atoms with Crippen molar-refractivity contribution in [1.82, 2.24) is 14.5 Å². The Morgan fingerprint density at radius 3 is 2.70 bits per heavy atom. The third kappa shape index (κ3) is 2.45. The normalized spacial score (nSPS) is 18.0. The zero-order valence-corrected chi connectivity index (χ0v) is 12.2. The summed E-state index contributed by atoms with van der Waals surface area (Å²) in [6.45, 7) is 0. The number of aryl methyl sites for hydroxylation is 1. The van der Waals surface area contributed by atoms with Crippen molar-refractivity contribution in [2.75, 3.05) is 5.32 Å². The number of fused-ring (bicyclic) bond motifs is 1. The number of imide groups is 1. The molecule has 3 rings (SSSR count). The van der Waals surface area contributed by atoms with E-state index in [9.17, 15) is 19.2 Å². The fourth-order valence-corrected chi connectivity index (χ4v) is 2.79. The third-order valence-electron chi connectivity index (χ3n) is 3.86. The summed E-state index contributed by atoms with van der Waals surface area (Å²) in [7, 11) is 1.54. The van der Waals surface area contributed by atoms with Crippen LogP contribution in [0.1, 0.15) is 18.9 Å². The van der Waals surface area contributed by atoms with Gasteiger partial charge in [-0.2, -0.15) is 0 Å². The van der Waals surface area contributed by atoms with Gasteiger partial charge in [-0.25, -0.2) is 9.59 Å². The number of hydrogen-bond acceptors (Lipinski definition) is 4.